The van der Waals surface area contributed by atoms with Crippen LogP contribution in [0.25, 0.3) is 10.4 Å². The number of methoxy groups -OCH3 is 1. The van der Waals surface area contributed by atoms with E-state index in [4.69, 9.17) is 4.74 Å². The van der Waals surface area contributed by atoms with Crippen molar-refractivity contribution in [3.05, 3.63) is 36.5 Å². The highest BCUT2D eigenvalue weighted by atomic mass is 32.1. The zero-order valence-electron chi connectivity index (χ0n) is 13.4. The van der Waals surface area contributed by atoms with Crippen LogP contribution < -0.4 is 10.2 Å². The van der Waals surface area contributed by atoms with Gasteiger partial charge in [0.05, 0.1) is 16.9 Å². The fourth-order valence-electron chi connectivity index (χ4n) is 2.90. The fourth-order valence-corrected chi connectivity index (χ4v) is 3.78. The largest absolute Gasteiger partial charge is 0.384 e. The smallest absolute Gasteiger partial charge is 0.252 e. The number of thiazole rings is 1. The van der Waals surface area contributed by atoms with Crippen molar-refractivity contribution in [2.24, 2.45) is 5.41 Å². The van der Waals surface area contributed by atoms with Crippen molar-refractivity contribution in [1.29, 1.82) is 5.26 Å². The fraction of sp³-hybridized carbons (Fsp3) is 0.353. The van der Waals surface area contributed by atoms with Gasteiger partial charge in [0.25, 0.3) is 5.91 Å². The van der Waals surface area contributed by atoms with Crippen molar-refractivity contribution in [3.63, 3.8) is 0 Å². The van der Waals surface area contributed by atoms with Gasteiger partial charge in [-0.25, -0.2) is 4.98 Å². The Bertz CT molecular complexity index is 747. The predicted octanol–water partition coefficient (Wildman–Crippen LogP) is 2.25. The molecule has 124 valence electrons. The number of nitrogens with zero attached hydrogens (tertiary/aromatic N) is 3. The van der Waals surface area contributed by atoms with E-state index in [9.17, 15) is 10.1 Å². The lowest BCUT2D eigenvalue weighted by Crippen LogP contribution is -2.46. The van der Waals surface area contributed by atoms with Crippen LogP contribution in [0.3, 0.4) is 0 Å². The van der Waals surface area contributed by atoms with E-state index in [2.05, 4.69) is 10.3 Å². The van der Waals surface area contributed by atoms with Gasteiger partial charge < -0.3 is 10.1 Å². The average molecular weight is 342 g/mol. The second-order valence-electron chi connectivity index (χ2n) is 5.75. The Labute approximate surface area is 144 Å². The van der Waals surface area contributed by atoms with E-state index in [1.165, 1.54) is 11.3 Å². The van der Waals surface area contributed by atoms with Crippen LogP contribution in [-0.2, 0) is 9.53 Å². The van der Waals surface area contributed by atoms with Gasteiger partial charge in [0.2, 0.25) is 5.13 Å². The molecule has 1 unspecified atom stereocenters. The summed E-state index contributed by atoms with van der Waals surface area (Å²) in [5.41, 5.74) is 0.309. The summed E-state index contributed by atoms with van der Waals surface area (Å²) in [4.78, 5) is 19.3. The Morgan fingerprint density at radius 1 is 1.50 bits per heavy atom. The molecule has 1 aliphatic rings. The zero-order chi connectivity index (χ0) is 17.0. The van der Waals surface area contributed by atoms with E-state index in [1.54, 1.807) is 13.3 Å². The highest BCUT2D eigenvalue weighted by Gasteiger charge is 2.45. The lowest BCUT2D eigenvalue weighted by molar-refractivity contribution is -0.129. The maximum absolute atomic E-state index is 13.0. The minimum atomic E-state index is -0.705. The maximum atomic E-state index is 13.0. The maximum Gasteiger partial charge on any atom is 0.252 e. The van der Waals surface area contributed by atoms with Gasteiger partial charge in [-0.2, -0.15) is 10.2 Å². The van der Waals surface area contributed by atoms with E-state index in [1.807, 2.05) is 36.5 Å². The summed E-state index contributed by atoms with van der Waals surface area (Å²) in [5, 5.41) is 13.1. The zero-order valence-corrected chi connectivity index (χ0v) is 14.2. The van der Waals surface area contributed by atoms with Crippen LogP contribution in [0.1, 0.15) is 6.42 Å². The molecule has 1 amide bonds. The first kappa shape index (κ1) is 16.6. The van der Waals surface area contributed by atoms with Crippen LogP contribution in [0.15, 0.2) is 36.5 Å². The number of benzene rings is 1. The van der Waals surface area contributed by atoms with Crippen LogP contribution in [-0.4, -0.2) is 37.7 Å². The average Bonchev–Trinajstić information content (AvgIpc) is 3.27. The molecule has 24 heavy (non-hydrogen) atoms. The normalized spacial score (nSPS) is 19.8. The molecule has 1 saturated heterocycles. The van der Waals surface area contributed by atoms with Crippen LogP contribution in [0, 0.1) is 16.9 Å². The molecular formula is C17H18N4O2S. The predicted molar refractivity (Wildman–Crippen MR) is 92.4 cm³/mol. The first-order valence-electron chi connectivity index (χ1n) is 7.65. The van der Waals surface area contributed by atoms with Gasteiger partial charge in [0, 0.05) is 19.9 Å². The minimum absolute atomic E-state index is 0.259. The molecule has 1 N–H and O–H groups in total. The van der Waals surface area contributed by atoms with Crippen molar-refractivity contribution in [2.75, 3.05) is 31.7 Å². The number of hydrogen-bond donors (Lipinski definition) is 1. The van der Waals surface area contributed by atoms with Gasteiger partial charge in [-0.05, 0) is 18.5 Å². The molecule has 1 aromatic heterocycles. The quantitative estimate of drug-likeness (QED) is 0.666. The monoisotopic (exact) mass is 342 g/mol. The summed E-state index contributed by atoms with van der Waals surface area (Å²) >= 11 is 1.33. The number of nitriles is 1. The molecule has 6 nitrogen and oxygen atoms in total. The molecule has 1 aromatic carbocycles. The molecule has 1 aliphatic heterocycles. The molecule has 3 rings (SSSR count). The first-order valence-corrected chi connectivity index (χ1v) is 8.47. The van der Waals surface area contributed by atoms with Crippen molar-refractivity contribution in [2.45, 2.75) is 6.42 Å². The lowest BCUT2D eigenvalue weighted by Gasteiger charge is -2.28. The van der Waals surface area contributed by atoms with Gasteiger partial charge in [0.15, 0.2) is 6.19 Å². The summed E-state index contributed by atoms with van der Waals surface area (Å²) in [7, 11) is 1.57. The van der Waals surface area contributed by atoms with Crippen molar-refractivity contribution in [3.8, 4) is 16.6 Å². The number of hydrogen-bond acceptors (Lipinski definition) is 6. The molecule has 7 heteroatoms. The number of amides is 1. The standard InChI is InChI=1S/C17H18N4O2S/c1-23-11-17(7-8-19-10-17)15(22)21(12-18)16-20-9-14(24-16)13-5-3-2-4-6-13/h2-6,9,19H,7-8,10-11H2,1H3. The molecule has 0 aliphatic carbocycles. The molecule has 1 fully saturated rings. The Hall–Kier alpha value is -2.27. The van der Waals surface area contributed by atoms with Crippen LogP contribution in [0.5, 0.6) is 0 Å². The third kappa shape index (κ3) is 3.04. The Morgan fingerprint density at radius 3 is 2.92 bits per heavy atom. The van der Waals surface area contributed by atoms with E-state index in [-0.39, 0.29) is 12.5 Å². The number of carbonyl (C=O) groups excluding carboxylic acids is 1. The molecule has 2 aromatic rings. The van der Waals surface area contributed by atoms with E-state index < -0.39 is 5.41 Å². The number of anilines is 1. The summed E-state index contributed by atoms with van der Waals surface area (Å²) < 4.78 is 5.24. The summed E-state index contributed by atoms with van der Waals surface area (Å²) in [6.07, 6.45) is 4.34. The van der Waals surface area contributed by atoms with Gasteiger partial charge in [0.1, 0.15) is 0 Å². The molecule has 1 atom stereocenters. The summed E-state index contributed by atoms with van der Waals surface area (Å²) in [5.74, 6) is -0.259. The number of aromatic nitrogens is 1. The number of carbonyl (C=O) groups is 1. The van der Waals surface area contributed by atoms with Crippen LogP contribution in [0.4, 0.5) is 5.13 Å². The highest BCUT2D eigenvalue weighted by molar-refractivity contribution is 7.19. The molecule has 0 spiro atoms. The van der Waals surface area contributed by atoms with Gasteiger partial charge >= 0.3 is 0 Å². The molecule has 0 bridgehead atoms. The molecule has 0 radical (unpaired) electrons. The minimum Gasteiger partial charge on any atom is -0.384 e. The molecule has 0 saturated carbocycles. The SMILES string of the molecule is COCC1(C(=O)N(C#N)c2ncc(-c3ccccc3)s2)CCNC1. The lowest BCUT2D eigenvalue weighted by atomic mass is 9.86. The van der Waals surface area contributed by atoms with Gasteiger partial charge in [-0.1, -0.05) is 41.7 Å². The molecular weight excluding hydrogens is 324 g/mol. The number of ether oxygens (including phenoxy) is 1. The Morgan fingerprint density at radius 2 is 2.29 bits per heavy atom. The highest BCUT2D eigenvalue weighted by Crippen LogP contribution is 2.35. The number of rotatable bonds is 5. The van der Waals surface area contributed by atoms with Crippen molar-refractivity contribution < 1.29 is 9.53 Å². The van der Waals surface area contributed by atoms with E-state index in [0.717, 1.165) is 21.9 Å². The van der Waals surface area contributed by atoms with Crippen molar-refractivity contribution >= 4 is 22.4 Å². The summed E-state index contributed by atoms with van der Waals surface area (Å²) in [6, 6.07) is 9.78. The second kappa shape index (κ2) is 7.09. The van der Waals surface area contributed by atoms with Gasteiger partial charge in [-0.3, -0.25) is 4.79 Å². The molecule has 2 heterocycles. The third-order valence-corrected chi connectivity index (χ3v) is 5.20. The third-order valence-electron chi connectivity index (χ3n) is 4.16. The van der Waals surface area contributed by atoms with Gasteiger partial charge in [-0.15, -0.1) is 0 Å². The van der Waals surface area contributed by atoms with E-state index >= 15 is 0 Å². The van der Waals surface area contributed by atoms with Crippen molar-refractivity contribution in [1.82, 2.24) is 10.3 Å². The Kier molecular flexibility index (Phi) is 4.90. The van der Waals surface area contributed by atoms with E-state index in [0.29, 0.717) is 18.1 Å². The van der Waals surface area contributed by atoms with Crippen LogP contribution >= 0.6 is 11.3 Å². The topological polar surface area (TPSA) is 78.2 Å². The summed E-state index contributed by atoms with van der Waals surface area (Å²) in [6.45, 7) is 1.53. The second-order valence-corrected chi connectivity index (χ2v) is 6.76. The first-order chi connectivity index (χ1) is 11.7. The number of nitrogens with one attached hydrogen (secondary N) is 1. The Balaban J connectivity index is 1.88. The van der Waals surface area contributed by atoms with Crippen LogP contribution in [0.2, 0.25) is 0 Å².